The van der Waals surface area contributed by atoms with Crippen molar-refractivity contribution in [2.75, 3.05) is 13.2 Å². The number of hydrogen-bond acceptors (Lipinski definition) is 5. The summed E-state index contributed by atoms with van der Waals surface area (Å²) < 4.78 is 5.71. The zero-order valence-electron chi connectivity index (χ0n) is 17.4. The monoisotopic (exact) mass is 396 g/mol. The molecule has 0 radical (unpaired) electrons. The van der Waals surface area contributed by atoms with E-state index in [4.69, 9.17) is 4.74 Å². The van der Waals surface area contributed by atoms with Crippen LogP contribution in [0.2, 0.25) is 0 Å². The molecule has 0 bridgehead atoms. The highest BCUT2D eigenvalue weighted by Gasteiger charge is 2.42. The van der Waals surface area contributed by atoms with Crippen molar-refractivity contribution in [2.24, 2.45) is 0 Å². The van der Waals surface area contributed by atoms with Crippen LogP contribution in [0.3, 0.4) is 0 Å². The minimum atomic E-state index is -0.766. The molecule has 1 aromatic carbocycles. The van der Waals surface area contributed by atoms with Gasteiger partial charge in [-0.15, -0.1) is 0 Å². The number of nitrogens with one attached hydrogen (secondary N) is 1. The number of nitrogens with zero attached hydrogens (tertiary/aromatic N) is 3. The van der Waals surface area contributed by atoms with Crippen molar-refractivity contribution < 1.29 is 14.3 Å². The lowest BCUT2D eigenvalue weighted by molar-refractivity contribution is -0.167. The van der Waals surface area contributed by atoms with E-state index in [1.54, 1.807) is 4.90 Å². The third kappa shape index (κ3) is 4.98. The fourth-order valence-corrected chi connectivity index (χ4v) is 3.75. The predicted molar refractivity (Wildman–Crippen MR) is 109 cm³/mol. The Bertz CT molecular complexity index is 849. The molecule has 2 heterocycles. The Kier molecular flexibility index (Phi) is 6.59. The highest BCUT2D eigenvalue weighted by atomic mass is 16.5. The number of carbonyl (C=O) groups excluding carboxylic acids is 2. The van der Waals surface area contributed by atoms with Crippen LogP contribution < -0.4 is 5.32 Å². The van der Waals surface area contributed by atoms with Crippen LogP contribution in [-0.4, -0.2) is 52.0 Å². The normalized spacial score (nSPS) is 19.5. The average Bonchev–Trinajstić information content (AvgIpc) is 2.67. The minimum Gasteiger partial charge on any atom is -0.356 e. The molecule has 29 heavy (non-hydrogen) atoms. The molecule has 1 aromatic heterocycles. The van der Waals surface area contributed by atoms with Crippen LogP contribution in [0.4, 0.5) is 0 Å². The second-order valence-corrected chi connectivity index (χ2v) is 7.59. The molecule has 7 heteroatoms. The Morgan fingerprint density at radius 2 is 1.86 bits per heavy atom. The lowest BCUT2D eigenvalue weighted by Crippen LogP contribution is -2.56. The fourth-order valence-electron chi connectivity index (χ4n) is 3.75. The fraction of sp³-hybridized carbons (Fsp3) is 0.455. The molecular weight excluding hydrogens is 368 g/mol. The quantitative estimate of drug-likeness (QED) is 0.809. The molecule has 1 aliphatic heterocycles. The van der Waals surface area contributed by atoms with Gasteiger partial charge in [0.05, 0.1) is 6.04 Å². The molecular formula is C22H28N4O3. The van der Waals surface area contributed by atoms with E-state index < -0.39 is 12.1 Å². The Hall–Kier alpha value is -2.80. The van der Waals surface area contributed by atoms with Crippen LogP contribution in [0.25, 0.3) is 0 Å². The van der Waals surface area contributed by atoms with Crippen LogP contribution in [0.15, 0.2) is 36.4 Å². The molecule has 1 saturated heterocycles. The summed E-state index contributed by atoms with van der Waals surface area (Å²) >= 11 is 0. The molecule has 0 spiro atoms. The zero-order chi connectivity index (χ0) is 21.0. The summed E-state index contributed by atoms with van der Waals surface area (Å²) in [5, 5.41) is 2.93. The summed E-state index contributed by atoms with van der Waals surface area (Å²) in [6, 6.07) is 11.0. The van der Waals surface area contributed by atoms with Gasteiger partial charge in [0.25, 0.3) is 5.91 Å². The van der Waals surface area contributed by atoms with Crippen LogP contribution in [0, 0.1) is 13.8 Å². The van der Waals surface area contributed by atoms with Gasteiger partial charge in [-0.05, 0) is 39.3 Å². The summed E-state index contributed by atoms with van der Waals surface area (Å²) in [4.78, 5) is 36.0. The standard InChI is InChI=1S/C22H28N4O3/c1-14(2)26-19(27)13-29-21(20(26)17-8-6-5-7-9-17)22(28)23-11-10-18-24-15(3)12-16(4)25-18/h5-9,12,14,20-21H,10-11,13H2,1-4H3,(H,23,28)/t20-,21+/m1/s1. The van der Waals surface area contributed by atoms with E-state index in [0.717, 1.165) is 17.0 Å². The number of amides is 2. The summed E-state index contributed by atoms with van der Waals surface area (Å²) in [7, 11) is 0. The lowest BCUT2D eigenvalue weighted by atomic mass is 9.96. The van der Waals surface area contributed by atoms with Crippen LogP contribution in [0.1, 0.15) is 42.7 Å². The Morgan fingerprint density at radius 3 is 2.48 bits per heavy atom. The first-order valence-corrected chi connectivity index (χ1v) is 9.93. The molecule has 7 nitrogen and oxygen atoms in total. The summed E-state index contributed by atoms with van der Waals surface area (Å²) in [6.07, 6.45) is -0.234. The lowest BCUT2D eigenvalue weighted by Gasteiger charge is -2.42. The molecule has 2 aromatic rings. The van der Waals surface area contributed by atoms with Gasteiger partial charge in [0, 0.05) is 30.4 Å². The first-order valence-electron chi connectivity index (χ1n) is 9.93. The third-order valence-corrected chi connectivity index (χ3v) is 4.89. The molecule has 1 fully saturated rings. The van der Waals surface area contributed by atoms with E-state index in [1.807, 2.05) is 64.1 Å². The topological polar surface area (TPSA) is 84.4 Å². The van der Waals surface area contributed by atoms with Gasteiger partial charge in [0.1, 0.15) is 12.4 Å². The van der Waals surface area contributed by atoms with Gasteiger partial charge in [-0.2, -0.15) is 0 Å². The number of hydrogen-bond donors (Lipinski definition) is 1. The number of benzene rings is 1. The van der Waals surface area contributed by atoms with Crippen molar-refractivity contribution in [1.29, 1.82) is 0 Å². The maximum Gasteiger partial charge on any atom is 0.251 e. The van der Waals surface area contributed by atoms with E-state index in [2.05, 4.69) is 15.3 Å². The largest absolute Gasteiger partial charge is 0.356 e. The molecule has 2 amide bonds. The van der Waals surface area contributed by atoms with Gasteiger partial charge in [0.2, 0.25) is 5.91 Å². The van der Waals surface area contributed by atoms with Crippen molar-refractivity contribution in [2.45, 2.75) is 52.3 Å². The molecule has 1 N–H and O–H groups in total. The van der Waals surface area contributed by atoms with Crippen molar-refractivity contribution in [3.05, 3.63) is 59.2 Å². The zero-order valence-corrected chi connectivity index (χ0v) is 17.4. The van der Waals surface area contributed by atoms with Crippen molar-refractivity contribution in [3.63, 3.8) is 0 Å². The molecule has 3 rings (SSSR count). The smallest absolute Gasteiger partial charge is 0.251 e. The van der Waals surface area contributed by atoms with Gasteiger partial charge in [0.15, 0.2) is 6.10 Å². The van der Waals surface area contributed by atoms with E-state index >= 15 is 0 Å². The van der Waals surface area contributed by atoms with Gasteiger partial charge < -0.3 is 15.0 Å². The van der Waals surface area contributed by atoms with E-state index in [0.29, 0.717) is 18.8 Å². The number of ether oxygens (including phenoxy) is 1. The molecule has 0 unspecified atom stereocenters. The van der Waals surface area contributed by atoms with Crippen LogP contribution >= 0.6 is 0 Å². The predicted octanol–water partition coefficient (Wildman–Crippen LogP) is 2.13. The Labute approximate surface area is 171 Å². The van der Waals surface area contributed by atoms with Crippen molar-refractivity contribution in [1.82, 2.24) is 20.2 Å². The van der Waals surface area contributed by atoms with E-state index in [9.17, 15) is 9.59 Å². The number of aromatic nitrogens is 2. The highest BCUT2D eigenvalue weighted by molar-refractivity contribution is 5.86. The van der Waals surface area contributed by atoms with E-state index in [1.165, 1.54) is 0 Å². The number of aryl methyl sites for hydroxylation is 2. The molecule has 0 aliphatic carbocycles. The number of morpholine rings is 1. The Morgan fingerprint density at radius 1 is 1.21 bits per heavy atom. The van der Waals surface area contributed by atoms with Gasteiger partial charge >= 0.3 is 0 Å². The average molecular weight is 396 g/mol. The second kappa shape index (κ2) is 9.13. The molecule has 154 valence electrons. The maximum absolute atomic E-state index is 13.0. The molecule has 0 saturated carbocycles. The summed E-state index contributed by atoms with van der Waals surface area (Å²) in [6.45, 7) is 8.05. The van der Waals surface area contributed by atoms with Gasteiger partial charge in [-0.1, -0.05) is 30.3 Å². The second-order valence-electron chi connectivity index (χ2n) is 7.59. The van der Waals surface area contributed by atoms with Gasteiger partial charge in [-0.3, -0.25) is 9.59 Å². The minimum absolute atomic E-state index is 0.0458. The van der Waals surface area contributed by atoms with Crippen LogP contribution in [-0.2, 0) is 20.7 Å². The summed E-state index contributed by atoms with van der Waals surface area (Å²) in [5.74, 6) is 0.355. The summed E-state index contributed by atoms with van der Waals surface area (Å²) in [5.41, 5.74) is 2.70. The maximum atomic E-state index is 13.0. The Balaban J connectivity index is 1.74. The molecule has 1 aliphatic rings. The van der Waals surface area contributed by atoms with Gasteiger partial charge in [-0.25, -0.2) is 9.97 Å². The van der Waals surface area contributed by atoms with E-state index in [-0.39, 0.29) is 24.5 Å². The van der Waals surface area contributed by atoms with Crippen molar-refractivity contribution in [3.8, 4) is 0 Å². The van der Waals surface area contributed by atoms with Crippen molar-refractivity contribution >= 4 is 11.8 Å². The number of carbonyl (C=O) groups is 2. The molecule has 2 atom stereocenters. The highest BCUT2D eigenvalue weighted by Crippen LogP contribution is 2.32. The first-order chi connectivity index (χ1) is 13.9. The van der Waals surface area contributed by atoms with Crippen LogP contribution in [0.5, 0.6) is 0 Å². The third-order valence-electron chi connectivity index (χ3n) is 4.89. The number of rotatable bonds is 6. The first kappa shape index (κ1) is 20.9. The SMILES string of the molecule is Cc1cc(C)nc(CCNC(=O)[C@H]2OCC(=O)N(C(C)C)[C@@H]2c2ccccc2)n1.